The van der Waals surface area contributed by atoms with Crippen molar-refractivity contribution in [2.24, 2.45) is 0 Å². The fourth-order valence-corrected chi connectivity index (χ4v) is 3.05. The molecule has 1 amide bonds. The average molecular weight is 327 g/mol. The molecule has 0 bridgehead atoms. The van der Waals surface area contributed by atoms with Crippen molar-refractivity contribution in [2.75, 3.05) is 25.1 Å². The molecule has 0 radical (unpaired) electrons. The molecule has 6 nitrogen and oxygen atoms in total. The number of ether oxygens (including phenoxy) is 1. The van der Waals surface area contributed by atoms with E-state index in [2.05, 4.69) is 19.4 Å². The number of anilines is 1. The number of nitrogens with one attached hydrogen (secondary N) is 2. The van der Waals surface area contributed by atoms with Crippen LogP contribution >= 0.6 is 23.3 Å². The first kappa shape index (κ1) is 14.5. The molecule has 3 rings (SSSR count). The Hall–Kier alpha value is -1.44. The first-order chi connectivity index (χ1) is 10.2. The number of halogens is 1. The molecule has 0 saturated carbocycles. The maximum atomic E-state index is 12.0. The summed E-state index contributed by atoms with van der Waals surface area (Å²) in [5.41, 5.74) is 2.13. The van der Waals surface area contributed by atoms with Gasteiger partial charge in [0.2, 0.25) is 5.91 Å². The lowest BCUT2D eigenvalue weighted by Gasteiger charge is -2.23. The fraction of sp³-hybridized carbons (Fsp3) is 0.462. The van der Waals surface area contributed by atoms with Gasteiger partial charge in [-0.3, -0.25) is 4.79 Å². The smallest absolute Gasteiger partial charge is 0.239 e. The molecule has 0 unspecified atom stereocenters. The number of aromatic nitrogens is 2. The third-order valence-corrected chi connectivity index (χ3v) is 4.25. The monoisotopic (exact) mass is 326 g/mol. The lowest BCUT2D eigenvalue weighted by atomic mass is 10.1. The highest BCUT2D eigenvalue weighted by molar-refractivity contribution is 7.00. The van der Waals surface area contributed by atoms with E-state index in [0.29, 0.717) is 29.4 Å². The maximum absolute atomic E-state index is 12.0. The van der Waals surface area contributed by atoms with Crippen LogP contribution in [0.1, 0.15) is 12.8 Å². The van der Waals surface area contributed by atoms with Crippen LogP contribution in [-0.2, 0) is 9.53 Å². The molecule has 2 heterocycles. The Kier molecular flexibility index (Phi) is 4.52. The Morgan fingerprint density at radius 2 is 2.19 bits per heavy atom. The zero-order chi connectivity index (χ0) is 14.7. The van der Waals surface area contributed by atoms with Gasteiger partial charge in [0.05, 0.1) is 29.0 Å². The quantitative estimate of drug-likeness (QED) is 0.899. The Labute approximate surface area is 131 Å². The minimum absolute atomic E-state index is 0.0573. The van der Waals surface area contributed by atoms with Crippen molar-refractivity contribution in [1.29, 1.82) is 0 Å². The molecule has 1 aliphatic rings. The number of amides is 1. The molecule has 112 valence electrons. The third kappa shape index (κ3) is 3.42. The van der Waals surface area contributed by atoms with Crippen molar-refractivity contribution in [1.82, 2.24) is 14.1 Å². The predicted octanol–water partition coefficient (Wildman–Crippen LogP) is 2.05. The van der Waals surface area contributed by atoms with E-state index in [0.717, 1.165) is 30.1 Å². The van der Waals surface area contributed by atoms with Crippen molar-refractivity contribution in [3.05, 3.63) is 17.2 Å². The van der Waals surface area contributed by atoms with Gasteiger partial charge in [0.25, 0.3) is 0 Å². The highest BCUT2D eigenvalue weighted by Gasteiger charge is 2.16. The van der Waals surface area contributed by atoms with Crippen LogP contribution in [0, 0.1) is 0 Å². The van der Waals surface area contributed by atoms with Gasteiger partial charge in [-0.25, -0.2) is 0 Å². The summed E-state index contributed by atoms with van der Waals surface area (Å²) < 4.78 is 13.6. The lowest BCUT2D eigenvalue weighted by Crippen LogP contribution is -2.41. The third-order valence-electron chi connectivity index (χ3n) is 3.39. The molecule has 8 heteroatoms. The molecule has 0 aliphatic carbocycles. The van der Waals surface area contributed by atoms with Gasteiger partial charge in [0.1, 0.15) is 11.0 Å². The molecule has 1 aromatic heterocycles. The Bertz CT molecular complexity index is 642. The number of carbonyl (C=O) groups excluding carboxylic acids is 1. The van der Waals surface area contributed by atoms with E-state index in [9.17, 15) is 4.79 Å². The van der Waals surface area contributed by atoms with Crippen LogP contribution in [0.25, 0.3) is 11.0 Å². The summed E-state index contributed by atoms with van der Waals surface area (Å²) >= 11 is 7.29. The van der Waals surface area contributed by atoms with E-state index in [4.69, 9.17) is 16.3 Å². The number of fused-ring (bicyclic) bond motifs is 1. The molecular weight excluding hydrogens is 312 g/mol. The minimum atomic E-state index is -0.0573. The normalized spacial score (nSPS) is 16.0. The van der Waals surface area contributed by atoms with Gasteiger partial charge in [0, 0.05) is 19.3 Å². The average Bonchev–Trinajstić information content (AvgIpc) is 2.96. The van der Waals surface area contributed by atoms with E-state index in [1.54, 1.807) is 6.07 Å². The van der Waals surface area contributed by atoms with Crippen LogP contribution in [0.3, 0.4) is 0 Å². The van der Waals surface area contributed by atoms with Crippen molar-refractivity contribution in [3.8, 4) is 0 Å². The number of hydrogen-bond acceptors (Lipinski definition) is 6. The van der Waals surface area contributed by atoms with Crippen molar-refractivity contribution in [2.45, 2.75) is 18.9 Å². The number of benzene rings is 1. The van der Waals surface area contributed by atoms with E-state index < -0.39 is 0 Å². The van der Waals surface area contributed by atoms with Crippen LogP contribution in [0.4, 0.5) is 5.69 Å². The summed E-state index contributed by atoms with van der Waals surface area (Å²) in [5, 5.41) is 6.59. The highest BCUT2D eigenvalue weighted by Crippen LogP contribution is 2.29. The summed E-state index contributed by atoms with van der Waals surface area (Å²) in [6.07, 6.45) is 1.72. The minimum Gasteiger partial charge on any atom is -0.381 e. The van der Waals surface area contributed by atoms with Gasteiger partial charge < -0.3 is 15.4 Å². The predicted molar refractivity (Wildman–Crippen MR) is 82.9 cm³/mol. The number of nitrogens with zero attached hydrogens (tertiary/aromatic N) is 2. The second kappa shape index (κ2) is 6.55. The van der Waals surface area contributed by atoms with E-state index in [1.807, 2.05) is 6.07 Å². The van der Waals surface area contributed by atoms with Crippen LogP contribution in [0.2, 0.25) is 5.02 Å². The second-order valence-corrected chi connectivity index (χ2v) is 5.80. The first-order valence-corrected chi connectivity index (χ1v) is 7.86. The standard InChI is InChI=1S/C13H15ClN4O2S/c14-9-1-2-10-13(18-21-17-10)12(9)15-7-11(19)16-8-3-5-20-6-4-8/h1-2,8,15H,3-7H2,(H,16,19). The Morgan fingerprint density at radius 1 is 1.38 bits per heavy atom. The zero-order valence-corrected chi connectivity index (χ0v) is 12.8. The molecule has 21 heavy (non-hydrogen) atoms. The van der Waals surface area contributed by atoms with E-state index in [-0.39, 0.29) is 18.5 Å². The van der Waals surface area contributed by atoms with Gasteiger partial charge in [-0.05, 0) is 25.0 Å². The summed E-state index contributed by atoms with van der Waals surface area (Å²) in [7, 11) is 0. The Balaban J connectivity index is 1.62. The fourth-order valence-electron chi connectivity index (χ4n) is 2.28. The molecular formula is C13H15ClN4O2S. The molecule has 0 atom stereocenters. The Morgan fingerprint density at radius 3 is 3.00 bits per heavy atom. The molecule has 1 aliphatic heterocycles. The lowest BCUT2D eigenvalue weighted by molar-refractivity contribution is -0.120. The van der Waals surface area contributed by atoms with Crippen LogP contribution in [0.5, 0.6) is 0 Å². The molecule has 0 spiro atoms. The van der Waals surface area contributed by atoms with Gasteiger partial charge in [-0.15, -0.1) is 0 Å². The summed E-state index contributed by atoms with van der Waals surface area (Å²) in [5.74, 6) is -0.0573. The van der Waals surface area contributed by atoms with Crippen LogP contribution in [0.15, 0.2) is 12.1 Å². The SMILES string of the molecule is O=C(CNc1c(Cl)ccc2nsnc12)NC1CCOCC1. The topological polar surface area (TPSA) is 76.1 Å². The number of rotatable bonds is 4. The first-order valence-electron chi connectivity index (χ1n) is 6.76. The van der Waals surface area contributed by atoms with Crippen LogP contribution < -0.4 is 10.6 Å². The highest BCUT2D eigenvalue weighted by atomic mass is 35.5. The molecule has 1 aromatic carbocycles. The van der Waals surface area contributed by atoms with Crippen molar-refractivity contribution in [3.63, 3.8) is 0 Å². The number of carbonyl (C=O) groups is 1. The van der Waals surface area contributed by atoms with Gasteiger partial charge in [-0.1, -0.05) is 11.6 Å². The number of hydrogen-bond donors (Lipinski definition) is 2. The molecule has 1 saturated heterocycles. The van der Waals surface area contributed by atoms with Gasteiger partial charge >= 0.3 is 0 Å². The molecule has 2 aromatic rings. The molecule has 1 fully saturated rings. The largest absolute Gasteiger partial charge is 0.381 e. The second-order valence-electron chi connectivity index (χ2n) is 4.86. The van der Waals surface area contributed by atoms with Crippen molar-refractivity contribution >= 4 is 46.0 Å². The van der Waals surface area contributed by atoms with E-state index in [1.165, 1.54) is 0 Å². The van der Waals surface area contributed by atoms with Gasteiger partial charge in [-0.2, -0.15) is 8.75 Å². The zero-order valence-electron chi connectivity index (χ0n) is 11.3. The summed E-state index contributed by atoms with van der Waals surface area (Å²) in [4.78, 5) is 12.0. The maximum Gasteiger partial charge on any atom is 0.239 e. The van der Waals surface area contributed by atoms with Gasteiger partial charge in [0.15, 0.2) is 0 Å². The summed E-state index contributed by atoms with van der Waals surface area (Å²) in [6, 6.07) is 3.76. The van der Waals surface area contributed by atoms with Crippen molar-refractivity contribution < 1.29 is 9.53 Å². The summed E-state index contributed by atoms with van der Waals surface area (Å²) in [6.45, 7) is 1.57. The van der Waals surface area contributed by atoms with E-state index >= 15 is 0 Å². The van der Waals surface area contributed by atoms with Crippen LogP contribution in [-0.4, -0.2) is 40.5 Å². The molecule has 2 N–H and O–H groups in total.